The highest BCUT2D eigenvalue weighted by molar-refractivity contribution is 6.62. The Balaban J connectivity index is 1.59. The molecule has 2 amide bonds. The van der Waals surface area contributed by atoms with Gasteiger partial charge in [-0.2, -0.15) is 0 Å². The van der Waals surface area contributed by atoms with E-state index in [1.54, 1.807) is 19.1 Å². The highest BCUT2D eigenvalue weighted by Gasteiger charge is 2.51. The molecular weight excluding hydrogens is 447 g/mol. The minimum absolute atomic E-state index is 0.0463. The third-order valence-corrected chi connectivity index (χ3v) is 7.22. The molecule has 0 aromatic heterocycles. The first kappa shape index (κ1) is 27.3. The van der Waals surface area contributed by atoms with E-state index in [1.165, 1.54) is 0 Å². The van der Waals surface area contributed by atoms with E-state index in [0.29, 0.717) is 18.8 Å². The molecule has 0 radical (unpaired) electrons. The summed E-state index contributed by atoms with van der Waals surface area (Å²) in [6, 6.07) is 5.81. The van der Waals surface area contributed by atoms with E-state index in [1.807, 2.05) is 71.6 Å². The topological polar surface area (TPSA) is 77.5 Å². The highest BCUT2D eigenvalue weighted by atomic mass is 16.7. The van der Waals surface area contributed by atoms with Crippen LogP contribution in [-0.2, 0) is 25.3 Å². The molecule has 0 N–H and O–H groups in total. The number of methoxy groups -OCH3 is 1. The zero-order chi connectivity index (χ0) is 26.2. The summed E-state index contributed by atoms with van der Waals surface area (Å²) in [7, 11) is 2.89. The lowest BCUT2D eigenvalue weighted by Crippen LogP contribution is -2.48. The summed E-state index contributed by atoms with van der Waals surface area (Å²) >= 11 is 0. The van der Waals surface area contributed by atoms with Crippen LogP contribution in [0.5, 0.6) is 5.75 Å². The SMILES string of the molecule is COc1cc(B2OC(C)(C)C(C)(C)O2)ccc1CC(=O)N1CCC(N(C)C(=O)OC(C)(C)C)CC1. The number of hydrogen-bond donors (Lipinski definition) is 0. The Kier molecular flexibility index (Phi) is 7.82. The van der Waals surface area contributed by atoms with Gasteiger partial charge in [0, 0.05) is 31.7 Å². The molecule has 35 heavy (non-hydrogen) atoms. The number of likely N-dealkylation sites (tertiary alicyclic amines) is 1. The zero-order valence-electron chi connectivity index (χ0n) is 22.8. The third kappa shape index (κ3) is 6.30. The smallest absolute Gasteiger partial charge is 0.494 e. The summed E-state index contributed by atoms with van der Waals surface area (Å²) in [5.74, 6) is 0.690. The number of hydrogen-bond acceptors (Lipinski definition) is 6. The summed E-state index contributed by atoms with van der Waals surface area (Å²) in [5, 5.41) is 0. The van der Waals surface area contributed by atoms with Gasteiger partial charge in [0.15, 0.2) is 0 Å². The van der Waals surface area contributed by atoms with Gasteiger partial charge < -0.3 is 28.6 Å². The maximum atomic E-state index is 13.1. The van der Waals surface area contributed by atoms with Crippen LogP contribution in [0, 0.1) is 0 Å². The van der Waals surface area contributed by atoms with Crippen molar-refractivity contribution in [2.75, 3.05) is 27.2 Å². The fourth-order valence-electron chi connectivity index (χ4n) is 4.29. The van der Waals surface area contributed by atoms with Crippen LogP contribution >= 0.6 is 0 Å². The predicted molar refractivity (Wildman–Crippen MR) is 136 cm³/mol. The maximum Gasteiger partial charge on any atom is 0.494 e. The van der Waals surface area contributed by atoms with E-state index in [4.69, 9.17) is 18.8 Å². The molecule has 2 fully saturated rings. The van der Waals surface area contributed by atoms with E-state index in [2.05, 4.69) is 0 Å². The number of piperidine rings is 1. The van der Waals surface area contributed by atoms with E-state index in [9.17, 15) is 9.59 Å². The lowest BCUT2D eigenvalue weighted by atomic mass is 9.78. The molecule has 0 spiro atoms. The first-order chi connectivity index (χ1) is 16.1. The first-order valence-corrected chi connectivity index (χ1v) is 12.4. The molecule has 1 aromatic carbocycles. The lowest BCUT2D eigenvalue weighted by molar-refractivity contribution is -0.131. The second-order valence-electron chi connectivity index (χ2n) is 11.5. The van der Waals surface area contributed by atoms with Crippen molar-refractivity contribution in [1.29, 1.82) is 0 Å². The number of amides is 2. The molecule has 0 saturated carbocycles. The standard InChI is InChI=1S/C26H41BN2O6/c1-24(2,3)33-23(31)28(8)20-12-14-29(15-13-20)22(30)16-18-10-11-19(17-21(18)32-9)27-34-25(4,5)26(6,7)35-27/h10-11,17,20H,12-16H2,1-9H3. The average molecular weight is 488 g/mol. The van der Waals surface area contributed by atoms with Gasteiger partial charge in [-0.15, -0.1) is 0 Å². The van der Waals surface area contributed by atoms with Crippen LogP contribution in [0.25, 0.3) is 0 Å². The van der Waals surface area contributed by atoms with Crippen molar-refractivity contribution < 1.29 is 28.4 Å². The van der Waals surface area contributed by atoms with E-state index < -0.39 is 23.9 Å². The Hall–Kier alpha value is -2.26. The summed E-state index contributed by atoms with van der Waals surface area (Å²) in [6.07, 6.45) is 1.37. The van der Waals surface area contributed by atoms with Gasteiger partial charge in [-0.05, 0) is 72.8 Å². The van der Waals surface area contributed by atoms with Crippen molar-refractivity contribution in [2.24, 2.45) is 0 Å². The molecule has 2 aliphatic heterocycles. The molecule has 3 rings (SSSR count). The Labute approximate surface area is 210 Å². The zero-order valence-corrected chi connectivity index (χ0v) is 22.8. The molecule has 2 heterocycles. The summed E-state index contributed by atoms with van der Waals surface area (Å²) < 4.78 is 23.4. The quantitative estimate of drug-likeness (QED) is 0.592. The summed E-state index contributed by atoms with van der Waals surface area (Å²) in [5.41, 5.74) is 0.305. The summed E-state index contributed by atoms with van der Waals surface area (Å²) in [6.45, 7) is 14.9. The Morgan fingerprint density at radius 2 is 1.69 bits per heavy atom. The maximum absolute atomic E-state index is 13.1. The number of nitrogens with zero attached hydrogens (tertiary/aromatic N) is 2. The molecule has 9 heteroatoms. The number of rotatable bonds is 5. The molecule has 2 aliphatic rings. The largest absolute Gasteiger partial charge is 0.496 e. The highest BCUT2D eigenvalue weighted by Crippen LogP contribution is 2.36. The Bertz CT molecular complexity index is 918. The number of carbonyl (C=O) groups excluding carboxylic acids is 2. The van der Waals surface area contributed by atoms with Crippen molar-refractivity contribution in [1.82, 2.24) is 9.80 Å². The van der Waals surface area contributed by atoms with Crippen LogP contribution < -0.4 is 10.2 Å². The van der Waals surface area contributed by atoms with Crippen molar-refractivity contribution >= 4 is 24.6 Å². The van der Waals surface area contributed by atoms with Gasteiger partial charge >= 0.3 is 13.2 Å². The van der Waals surface area contributed by atoms with Crippen molar-refractivity contribution in [3.05, 3.63) is 23.8 Å². The van der Waals surface area contributed by atoms with Crippen LogP contribution in [0.4, 0.5) is 4.79 Å². The van der Waals surface area contributed by atoms with Crippen molar-refractivity contribution in [3.63, 3.8) is 0 Å². The minimum atomic E-state index is -0.529. The minimum Gasteiger partial charge on any atom is -0.496 e. The van der Waals surface area contributed by atoms with Crippen LogP contribution in [0.1, 0.15) is 66.9 Å². The summed E-state index contributed by atoms with van der Waals surface area (Å²) in [4.78, 5) is 29.0. The van der Waals surface area contributed by atoms with Gasteiger partial charge in [0.25, 0.3) is 0 Å². The van der Waals surface area contributed by atoms with Crippen LogP contribution in [0.2, 0.25) is 0 Å². The van der Waals surface area contributed by atoms with Crippen LogP contribution in [-0.4, -0.2) is 79.0 Å². The fourth-order valence-corrected chi connectivity index (χ4v) is 4.29. The second kappa shape index (κ2) is 10.0. The Morgan fingerprint density at radius 1 is 1.11 bits per heavy atom. The van der Waals surface area contributed by atoms with E-state index in [-0.39, 0.29) is 24.5 Å². The van der Waals surface area contributed by atoms with Gasteiger partial charge in [0.1, 0.15) is 11.4 Å². The molecule has 0 unspecified atom stereocenters. The van der Waals surface area contributed by atoms with Crippen LogP contribution in [0.15, 0.2) is 18.2 Å². The number of benzene rings is 1. The number of carbonyl (C=O) groups is 2. The van der Waals surface area contributed by atoms with Crippen LogP contribution in [0.3, 0.4) is 0 Å². The molecule has 0 bridgehead atoms. The van der Waals surface area contributed by atoms with Crippen molar-refractivity contribution in [3.8, 4) is 5.75 Å². The monoisotopic (exact) mass is 488 g/mol. The lowest BCUT2D eigenvalue weighted by Gasteiger charge is -2.37. The predicted octanol–water partition coefficient (Wildman–Crippen LogP) is 3.39. The molecule has 8 nitrogen and oxygen atoms in total. The molecular formula is C26H41BN2O6. The van der Waals surface area contributed by atoms with Crippen molar-refractivity contribution in [2.45, 2.75) is 90.6 Å². The fraction of sp³-hybridized carbons (Fsp3) is 0.692. The van der Waals surface area contributed by atoms with E-state index in [0.717, 1.165) is 23.9 Å². The van der Waals surface area contributed by atoms with Gasteiger partial charge in [-0.1, -0.05) is 12.1 Å². The molecule has 0 aliphatic carbocycles. The van der Waals surface area contributed by atoms with Gasteiger partial charge in [0.05, 0.1) is 24.7 Å². The first-order valence-electron chi connectivity index (χ1n) is 12.4. The van der Waals surface area contributed by atoms with E-state index >= 15 is 0 Å². The third-order valence-electron chi connectivity index (χ3n) is 7.22. The van der Waals surface area contributed by atoms with Gasteiger partial charge in [0.2, 0.25) is 5.91 Å². The Morgan fingerprint density at radius 3 is 2.20 bits per heavy atom. The number of ether oxygens (including phenoxy) is 2. The molecule has 0 atom stereocenters. The second-order valence-corrected chi connectivity index (χ2v) is 11.5. The molecule has 194 valence electrons. The van der Waals surface area contributed by atoms with Gasteiger partial charge in [-0.3, -0.25) is 4.79 Å². The average Bonchev–Trinajstić information content (AvgIpc) is 2.99. The van der Waals surface area contributed by atoms with Gasteiger partial charge in [-0.25, -0.2) is 4.79 Å². The normalized spacial score (nSPS) is 20.0. The molecule has 2 saturated heterocycles. The molecule has 1 aromatic rings.